The molecule has 2 aromatic rings. The molecule has 1 amide bonds. The van der Waals surface area contributed by atoms with Gasteiger partial charge in [0.05, 0.1) is 0 Å². The molecule has 0 aliphatic carbocycles. The molecule has 1 aromatic heterocycles. The Morgan fingerprint density at radius 1 is 1.28 bits per heavy atom. The Hall–Kier alpha value is -2.17. The topological polar surface area (TPSA) is 51.0 Å². The third-order valence-electron chi connectivity index (χ3n) is 5.01. The number of nitrogens with zero attached hydrogens (tertiary/aromatic N) is 4. The minimum absolute atomic E-state index is 0.295. The van der Waals surface area contributed by atoms with Crippen LogP contribution in [-0.2, 0) is 17.6 Å². The molecule has 134 valence electrons. The molecule has 5 heteroatoms. The number of carbonyl (C=O) groups excluding carboxylic acids is 1. The summed E-state index contributed by atoms with van der Waals surface area (Å²) >= 11 is 0. The number of likely N-dealkylation sites (tertiary alicyclic amines) is 1. The summed E-state index contributed by atoms with van der Waals surface area (Å²) in [7, 11) is 0. The molecular formula is C20H28N4O. The summed E-state index contributed by atoms with van der Waals surface area (Å²) in [6.07, 6.45) is 6.32. The molecule has 1 atom stereocenters. The van der Waals surface area contributed by atoms with E-state index in [1.807, 2.05) is 11.0 Å². The average Bonchev–Trinajstić information content (AvgIpc) is 3.26. The van der Waals surface area contributed by atoms with Crippen molar-refractivity contribution in [1.29, 1.82) is 0 Å². The van der Waals surface area contributed by atoms with Crippen LogP contribution in [0.25, 0.3) is 0 Å². The number of benzene rings is 1. The van der Waals surface area contributed by atoms with Crippen molar-refractivity contribution in [2.24, 2.45) is 5.92 Å². The van der Waals surface area contributed by atoms with Crippen LogP contribution in [0, 0.1) is 5.92 Å². The van der Waals surface area contributed by atoms with Gasteiger partial charge in [-0.2, -0.15) is 0 Å². The lowest BCUT2D eigenvalue weighted by atomic mass is 10.0. The average molecular weight is 340 g/mol. The maximum Gasteiger partial charge on any atom is 0.222 e. The lowest BCUT2D eigenvalue weighted by molar-refractivity contribution is -0.130. The van der Waals surface area contributed by atoms with E-state index in [-0.39, 0.29) is 0 Å². The van der Waals surface area contributed by atoms with Crippen molar-refractivity contribution in [1.82, 2.24) is 19.7 Å². The van der Waals surface area contributed by atoms with Crippen molar-refractivity contribution in [3.8, 4) is 0 Å². The van der Waals surface area contributed by atoms with Gasteiger partial charge in [0, 0.05) is 32.0 Å². The summed E-state index contributed by atoms with van der Waals surface area (Å²) in [6.45, 7) is 6.02. The first kappa shape index (κ1) is 17.6. The van der Waals surface area contributed by atoms with E-state index >= 15 is 0 Å². The van der Waals surface area contributed by atoms with Crippen LogP contribution in [0.3, 0.4) is 0 Å². The van der Waals surface area contributed by atoms with Gasteiger partial charge in [-0.25, -0.2) is 0 Å². The predicted octanol–water partition coefficient (Wildman–Crippen LogP) is 3.27. The van der Waals surface area contributed by atoms with Crippen molar-refractivity contribution in [3.05, 3.63) is 48.0 Å². The highest BCUT2D eigenvalue weighted by Gasteiger charge is 2.27. The van der Waals surface area contributed by atoms with Gasteiger partial charge in [-0.1, -0.05) is 30.3 Å². The largest absolute Gasteiger partial charge is 0.342 e. The van der Waals surface area contributed by atoms with E-state index in [9.17, 15) is 4.79 Å². The van der Waals surface area contributed by atoms with Gasteiger partial charge in [0.15, 0.2) is 0 Å². The molecule has 0 bridgehead atoms. The van der Waals surface area contributed by atoms with Gasteiger partial charge < -0.3 is 9.47 Å². The molecule has 0 spiro atoms. The summed E-state index contributed by atoms with van der Waals surface area (Å²) in [5, 5.41) is 8.30. The van der Waals surface area contributed by atoms with Gasteiger partial charge in [0.2, 0.25) is 5.91 Å². The normalized spacial score (nSPS) is 17.4. The van der Waals surface area contributed by atoms with E-state index in [2.05, 4.69) is 52.9 Å². The summed E-state index contributed by atoms with van der Waals surface area (Å²) < 4.78 is 2.13. The smallest absolute Gasteiger partial charge is 0.222 e. The van der Waals surface area contributed by atoms with Gasteiger partial charge in [0.25, 0.3) is 0 Å². The van der Waals surface area contributed by atoms with Crippen LogP contribution in [0.15, 0.2) is 36.7 Å². The second-order valence-corrected chi connectivity index (χ2v) is 7.29. The summed E-state index contributed by atoms with van der Waals surface area (Å²) in [4.78, 5) is 14.5. The molecule has 1 aliphatic rings. The van der Waals surface area contributed by atoms with Gasteiger partial charge in [0.1, 0.15) is 12.2 Å². The molecule has 0 N–H and O–H groups in total. The molecule has 25 heavy (non-hydrogen) atoms. The molecule has 1 unspecified atom stereocenters. The van der Waals surface area contributed by atoms with Crippen LogP contribution in [0.4, 0.5) is 0 Å². The zero-order valence-electron chi connectivity index (χ0n) is 15.3. The minimum Gasteiger partial charge on any atom is -0.342 e. The molecule has 1 aliphatic heterocycles. The van der Waals surface area contributed by atoms with E-state index < -0.39 is 0 Å². The number of carbonyl (C=O) groups is 1. The molecule has 1 fully saturated rings. The Balaban J connectivity index is 1.44. The highest BCUT2D eigenvalue weighted by molar-refractivity contribution is 5.76. The van der Waals surface area contributed by atoms with Crippen molar-refractivity contribution in [2.45, 2.75) is 52.0 Å². The zero-order valence-corrected chi connectivity index (χ0v) is 15.3. The number of aryl methyl sites for hydroxylation is 1. The summed E-state index contributed by atoms with van der Waals surface area (Å²) in [6, 6.07) is 10.8. The van der Waals surface area contributed by atoms with E-state index in [1.165, 1.54) is 5.56 Å². The quantitative estimate of drug-likeness (QED) is 0.777. The molecule has 0 saturated carbocycles. The number of amides is 1. The standard InChI is InChI=1S/C20H28N4O/c1-16(2)24-15-21-22-19(24)13-18-11-12-23(14-18)20(25)10-6-9-17-7-4-3-5-8-17/h3-5,7-8,15-16,18H,6,9-14H2,1-2H3. The minimum atomic E-state index is 0.295. The van der Waals surface area contributed by atoms with Gasteiger partial charge >= 0.3 is 0 Å². The summed E-state index contributed by atoms with van der Waals surface area (Å²) in [5.74, 6) is 1.84. The zero-order chi connectivity index (χ0) is 17.6. The van der Waals surface area contributed by atoms with Crippen molar-refractivity contribution < 1.29 is 4.79 Å². The molecule has 0 radical (unpaired) electrons. The molecule has 3 rings (SSSR count). The first-order chi connectivity index (χ1) is 12.1. The van der Waals surface area contributed by atoms with E-state index in [0.717, 1.165) is 44.6 Å². The van der Waals surface area contributed by atoms with Crippen molar-refractivity contribution >= 4 is 5.91 Å². The lowest BCUT2D eigenvalue weighted by Gasteiger charge is -2.17. The van der Waals surface area contributed by atoms with Crippen LogP contribution in [-0.4, -0.2) is 38.7 Å². The lowest BCUT2D eigenvalue weighted by Crippen LogP contribution is -2.29. The van der Waals surface area contributed by atoms with Gasteiger partial charge in [-0.05, 0) is 44.6 Å². The van der Waals surface area contributed by atoms with Gasteiger partial charge in [-0.15, -0.1) is 10.2 Å². The highest BCUT2D eigenvalue weighted by Crippen LogP contribution is 2.22. The first-order valence-electron chi connectivity index (χ1n) is 9.33. The maximum absolute atomic E-state index is 12.5. The number of hydrogen-bond acceptors (Lipinski definition) is 3. The van der Waals surface area contributed by atoms with Crippen molar-refractivity contribution in [2.75, 3.05) is 13.1 Å². The molecule has 2 heterocycles. The van der Waals surface area contributed by atoms with E-state index in [1.54, 1.807) is 6.33 Å². The molecule has 1 aromatic carbocycles. The Kier molecular flexibility index (Phi) is 5.84. The fourth-order valence-electron chi connectivity index (χ4n) is 3.57. The van der Waals surface area contributed by atoms with Crippen LogP contribution in [0.1, 0.15) is 50.5 Å². The van der Waals surface area contributed by atoms with Crippen LogP contribution >= 0.6 is 0 Å². The molecule has 1 saturated heterocycles. The first-order valence-corrected chi connectivity index (χ1v) is 9.33. The molecule has 5 nitrogen and oxygen atoms in total. The van der Waals surface area contributed by atoms with E-state index in [4.69, 9.17) is 0 Å². The maximum atomic E-state index is 12.5. The predicted molar refractivity (Wildman–Crippen MR) is 98.2 cm³/mol. The fraction of sp³-hybridized carbons (Fsp3) is 0.550. The van der Waals surface area contributed by atoms with Crippen LogP contribution in [0.5, 0.6) is 0 Å². The molecular weight excluding hydrogens is 312 g/mol. The third kappa shape index (κ3) is 4.68. The second kappa shape index (κ2) is 8.28. The number of aromatic nitrogens is 3. The Labute approximate surface area is 150 Å². The number of hydrogen-bond donors (Lipinski definition) is 0. The monoisotopic (exact) mass is 340 g/mol. The third-order valence-corrected chi connectivity index (χ3v) is 5.01. The Morgan fingerprint density at radius 2 is 2.08 bits per heavy atom. The van der Waals surface area contributed by atoms with E-state index in [0.29, 0.717) is 24.3 Å². The van der Waals surface area contributed by atoms with Crippen molar-refractivity contribution in [3.63, 3.8) is 0 Å². The fourth-order valence-corrected chi connectivity index (χ4v) is 3.57. The van der Waals surface area contributed by atoms with Gasteiger partial charge in [-0.3, -0.25) is 4.79 Å². The highest BCUT2D eigenvalue weighted by atomic mass is 16.2. The SMILES string of the molecule is CC(C)n1cnnc1CC1CCN(C(=O)CCCc2ccccc2)C1. The second-order valence-electron chi connectivity index (χ2n) is 7.29. The Bertz CT molecular complexity index is 680. The summed E-state index contributed by atoms with van der Waals surface area (Å²) in [5.41, 5.74) is 1.31. The number of rotatable bonds is 7. The Morgan fingerprint density at radius 3 is 2.84 bits per heavy atom. The van der Waals surface area contributed by atoms with Crippen LogP contribution < -0.4 is 0 Å². The van der Waals surface area contributed by atoms with Crippen LogP contribution in [0.2, 0.25) is 0 Å².